The number of hydrogen-bond acceptors (Lipinski definition) is 3. The fourth-order valence-corrected chi connectivity index (χ4v) is 1.93. The first-order chi connectivity index (χ1) is 7.50. The predicted octanol–water partition coefficient (Wildman–Crippen LogP) is 1.61. The van der Waals surface area contributed by atoms with Crippen molar-refractivity contribution in [3.63, 3.8) is 0 Å². The van der Waals surface area contributed by atoms with Gasteiger partial charge >= 0.3 is 5.97 Å². The minimum Gasteiger partial charge on any atom is -0.480 e. The molecule has 0 unspecified atom stereocenters. The summed E-state index contributed by atoms with van der Waals surface area (Å²) >= 11 is 1.26. The smallest absolute Gasteiger partial charge is 0.321 e. The lowest BCUT2D eigenvalue weighted by atomic mass is 10.2. The molecule has 0 aromatic heterocycles. The Morgan fingerprint density at radius 1 is 1.44 bits per heavy atom. The highest BCUT2D eigenvalue weighted by Crippen LogP contribution is 2.15. The lowest BCUT2D eigenvalue weighted by molar-refractivity contribution is -0.137. The molecule has 0 bridgehead atoms. The summed E-state index contributed by atoms with van der Waals surface area (Å²) < 4.78 is 25.4. The molecule has 6 heteroatoms. The van der Waals surface area contributed by atoms with Gasteiger partial charge in [0.15, 0.2) is 11.6 Å². The van der Waals surface area contributed by atoms with Gasteiger partial charge in [-0.15, -0.1) is 0 Å². The van der Waals surface area contributed by atoms with E-state index in [1.165, 1.54) is 17.8 Å². The lowest BCUT2D eigenvalue weighted by Crippen LogP contribution is -2.32. The number of benzene rings is 1. The average molecular weight is 247 g/mol. The van der Waals surface area contributed by atoms with Crippen LogP contribution in [0.2, 0.25) is 0 Å². The number of carboxylic acid groups (broad SMARTS) is 1. The molecule has 16 heavy (non-hydrogen) atoms. The van der Waals surface area contributed by atoms with Crippen LogP contribution in [0.5, 0.6) is 0 Å². The van der Waals surface area contributed by atoms with E-state index in [2.05, 4.69) is 0 Å². The molecule has 0 saturated carbocycles. The van der Waals surface area contributed by atoms with Crippen LogP contribution in [0.25, 0.3) is 0 Å². The van der Waals surface area contributed by atoms with Gasteiger partial charge in [0.1, 0.15) is 6.04 Å². The van der Waals surface area contributed by atoms with Crippen LogP contribution in [0.4, 0.5) is 8.78 Å². The van der Waals surface area contributed by atoms with Crippen molar-refractivity contribution in [1.82, 2.24) is 0 Å². The van der Waals surface area contributed by atoms with Gasteiger partial charge < -0.3 is 10.8 Å². The maximum atomic E-state index is 12.8. The molecule has 3 nitrogen and oxygen atoms in total. The predicted molar refractivity (Wildman–Crippen MR) is 58.1 cm³/mol. The maximum absolute atomic E-state index is 12.8. The molecule has 0 heterocycles. The molecule has 0 aliphatic rings. The van der Waals surface area contributed by atoms with Crippen molar-refractivity contribution in [3.05, 3.63) is 35.4 Å². The van der Waals surface area contributed by atoms with Gasteiger partial charge in [0.05, 0.1) is 0 Å². The molecule has 0 spiro atoms. The number of carbonyl (C=O) groups is 1. The molecule has 0 aliphatic heterocycles. The molecule has 88 valence electrons. The highest BCUT2D eigenvalue weighted by Gasteiger charge is 2.11. The third kappa shape index (κ3) is 3.79. The number of aliphatic carboxylic acids is 1. The van der Waals surface area contributed by atoms with Gasteiger partial charge in [-0.3, -0.25) is 4.79 Å². The highest BCUT2D eigenvalue weighted by molar-refractivity contribution is 7.98. The van der Waals surface area contributed by atoms with Crippen LogP contribution >= 0.6 is 11.8 Å². The first kappa shape index (κ1) is 12.9. The number of nitrogens with two attached hydrogens (primary N) is 1. The van der Waals surface area contributed by atoms with E-state index >= 15 is 0 Å². The summed E-state index contributed by atoms with van der Waals surface area (Å²) in [6.45, 7) is 0. The lowest BCUT2D eigenvalue weighted by Gasteiger charge is -2.06. The summed E-state index contributed by atoms with van der Waals surface area (Å²) in [7, 11) is 0. The van der Waals surface area contributed by atoms with E-state index < -0.39 is 23.6 Å². The van der Waals surface area contributed by atoms with E-state index in [4.69, 9.17) is 10.8 Å². The zero-order valence-corrected chi connectivity index (χ0v) is 9.14. The van der Waals surface area contributed by atoms with Gasteiger partial charge in [-0.05, 0) is 17.7 Å². The number of carboxylic acids is 1. The normalized spacial score (nSPS) is 12.4. The van der Waals surface area contributed by atoms with Crippen molar-refractivity contribution in [2.24, 2.45) is 5.73 Å². The third-order valence-electron chi connectivity index (χ3n) is 1.87. The molecule has 1 atom stereocenters. The quantitative estimate of drug-likeness (QED) is 0.829. The van der Waals surface area contributed by atoms with Crippen molar-refractivity contribution in [3.8, 4) is 0 Å². The molecular weight excluding hydrogens is 236 g/mol. The fraction of sp³-hybridized carbons (Fsp3) is 0.300. The summed E-state index contributed by atoms with van der Waals surface area (Å²) in [6, 6.07) is 2.66. The Bertz CT molecular complexity index is 387. The molecule has 0 radical (unpaired) electrons. The standard InChI is InChI=1S/C10H11F2NO2S/c11-7-2-1-6(3-8(7)12)4-16-5-9(13)10(14)15/h1-3,9H,4-5,13H2,(H,14,15)/t9-/m1/s1. The van der Waals surface area contributed by atoms with Crippen LogP contribution in [0, 0.1) is 11.6 Å². The van der Waals surface area contributed by atoms with E-state index in [0.29, 0.717) is 11.3 Å². The fourth-order valence-electron chi connectivity index (χ4n) is 1.00. The van der Waals surface area contributed by atoms with Crippen LogP contribution in [0.15, 0.2) is 18.2 Å². The SMILES string of the molecule is N[C@H](CSCc1ccc(F)c(F)c1)C(=O)O. The van der Waals surface area contributed by atoms with Gasteiger partial charge in [0.25, 0.3) is 0 Å². The third-order valence-corrected chi connectivity index (χ3v) is 3.00. The minimum atomic E-state index is -1.07. The van der Waals surface area contributed by atoms with E-state index in [9.17, 15) is 13.6 Å². The highest BCUT2D eigenvalue weighted by atomic mass is 32.2. The van der Waals surface area contributed by atoms with Crippen LogP contribution in [0.3, 0.4) is 0 Å². The summed E-state index contributed by atoms with van der Waals surface area (Å²) in [5, 5.41) is 8.51. The van der Waals surface area contributed by atoms with E-state index in [1.54, 1.807) is 0 Å². The van der Waals surface area contributed by atoms with Crippen molar-refractivity contribution in [2.75, 3.05) is 5.75 Å². The van der Waals surface area contributed by atoms with E-state index in [0.717, 1.165) is 12.1 Å². The second kappa shape index (κ2) is 5.81. The summed E-state index contributed by atoms with van der Waals surface area (Å²) in [5.74, 6) is -2.23. The zero-order valence-electron chi connectivity index (χ0n) is 8.32. The van der Waals surface area contributed by atoms with Crippen LogP contribution in [0.1, 0.15) is 5.56 Å². The molecule has 0 aliphatic carbocycles. The molecular formula is C10H11F2NO2S. The van der Waals surface area contributed by atoms with Gasteiger partial charge in [0, 0.05) is 11.5 Å². The van der Waals surface area contributed by atoms with Crippen LogP contribution < -0.4 is 5.73 Å². The van der Waals surface area contributed by atoms with Gasteiger partial charge in [-0.25, -0.2) is 8.78 Å². The van der Waals surface area contributed by atoms with Gasteiger partial charge in [-0.2, -0.15) is 11.8 Å². The van der Waals surface area contributed by atoms with Crippen molar-refractivity contribution < 1.29 is 18.7 Å². The number of thioether (sulfide) groups is 1. The summed E-state index contributed by atoms with van der Waals surface area (Å²) in [4.78, 5) is 10.4. The minimum absolute atomic E-state index is 0.230. The Morgan fingerprint density at radius 3 is 2.69 bits per heavy atom. The second-order valence-electron chi connectivity index (χ2n) is 3.21. The Morgan fingerprint density at radius 2 is 2.12 bits per heavy atom. The van der Waals surface area contributed by atoms with Gasteiger partial charge in [-0.1, -0.05) is 6.07 Å². The monoisotopic (exact) mass is 247 g/mol. The summed E-state index contributed by atoms with van der Waals surface area (Å²) in [6.07, 6.45) is 0. The largest absolute Gasteiger partial charge is 0.480 e. The van der Waals surface area contributed by atoms with Crippen LogP contribution in [-0.2, 0) is 10.5 Å². The molecule has 1 aromatic rings. The summed E-state index contributed by atoms with van der Waals surface area (Å²) in [5.41, 5.74) is 5.88. The van der Waals surface area contributed by atoms with Crippen molar-refractivity contribution >= 4 is 17.7 Å². The number of rotatable bonds is 5. The molecule has 0 fully saturated rings. The molecule has 3 N–H and O–H groups in total. The molecule has 0 saturated heterocycles. The molecule has 0 amide bonds. The first-order valence-electron chi connectivity index (χ1n) is 4.50. The maximum Gasteiger partial charge on any atom is 0.321 e. The first-order valence-corrected chi connectivity index (χ1v) is 5.66. The number of halogens is 2. The Labute approximate surface area is 95.6 Å². The average Bonchev–Trinajstić information content (AvgIpc) is 2.23. The number of hydrogen-bond donors (Lipinski definition) is 2. The molecule has 1 rings (SSSR count). The Hall–Kier alpha value is -1.14. The topological polar surface area (TPSA) is 63.3 Å². The Balaban J connectivity index is 2.43. The molecule has 1 aromatic carbocycles. The van der Waals surface area contributed by atoms with Gasteiger partial charge in [0.2, 0.25) is 0 Å². The van der Waals surface area contributed by atoms with Crippen molar-refractivity contribution in [1.29, 1.82) is 0 Å². The Kier molecular flexibility index (Phi) is 4.70. The van der Waals surface area contributed by atoms with Crippen LogP contribution in [-0.4, -0.2) is 22.9 Å². The van der Waals surface area contributed by atoms with E-state index in [1.807, 2.05) is 0 Å². The van der Waals surface area contributed by atoms with Crippen molar-refractivity contribution in [2.45, 2.75) is 11.8 Å². The zero-order chi connectivity index (χ0) is 12.1. The van der Waals surface area contributed by atoms with E-state index in [-0.39, 0.29) is 5.75 Å². The second-order valence-corrected chi connectivity index (χ2v) is 4.24.